The molecular formula is C33H39N3O6. The summed E-state index contributed by atoms with van der Waals surface area (Å²) in [6.07, 6.45) is 3.82. The summed E-state index contributed by atoms with van der Waals surface area (Å²) in [5.41, 5.74) is 6.32. The number of aryl methyl sites for hydroxylation is 1. The molecule has 2 amide bonds. The molecule has 42 heavy (non-hydrogen) atoms. The van der Waals surface area contributed by atoms with Gasteiger partial charge in [-0.05, 0) is 84.7 Å². The van der Waals surface area contributed by atoms with Gasteiger partial charge in [0.05, 0.1) is 14.2 Å². The molecule has 0 aromatic heterocycles. The van der Waals surface area contributed by atoms with Crippen LogP contribution in [0.3, 0.4) is 0 Å². The van der Waals surface area contributed by atoms with Crippen LogP contribution in [0.2, 0.25) is 0 Å². The van der Waals surface area contributed by atoms with E-state index in [1.807, 2.05) is 41.3 Å². The number of rotatable bonds is 8. The fourth-order valence-corrected chi connectivity index (χ4v) is 5.67. The van der Waals surface area contributed by atoms with Crippen molar-refractivity contribution in [3.63, 3.8) is 0 Å². The zero-order valence-corrected chi connectivity index (χ0v) is 24.5. The molecule has 0 bridgehead atoms. The number of hydrogen-bond donors (Lipinski definition) is 2. The number of ether oxygens (including phenoxy) is 2. The van der Waals surface area contributed by atoms with E-state index in [1.54, 1.807) is 14.2 Å². The Hall–Kier alpha value is -4.53. The number of benzene rings is 3. The number of anilines is 2. The molecule has 2 aliphatic rings. The summed E-state index contributed by atoms with van der Waals surface area (Å²) >= 11 is 0. The van der Waals surface area contributed by atoms with Crippen LogP contribution in [0.5, 0.6) is 11.5 Å². The van der Waals surface area contributed by atoms with Crippen molar-refractivity contribution in [2.75, 3.05) is 51.1 Å². The summed E-state index contributed by atoms with van der Waals surface area (Å²) in [6.45, 7) is 2.28. The van der Waals surface area contributed by atoms with E-state index < -0.39 is 0 Å². The number of fused-ring (bicyclic) bond motifs is 1. The fourth-order valence-electron chi connectivity index (χ4n) is 5.67. The van der Waals surface area contributed by atoms with Crippen LogP contribution in [0.1, 0.15) is 52.2 Å². The monoisotopic (exact) mass is 573 g/mol. The molecular weight excluding hydrogens is 534 g/mol. The molecule has 0 atom stereocenters. The summed E-state index contributed by atoms with van der Waals surface area (Å²) in [7, 11) is 5.33. The van der Waals surface area contributed by atoms with Crippen LogP contribution in [-0.2, 0) is 22.4 Å². The lowest BCUT2D eigenvalue weighted by Gasteiger charge is -2.32. The van der Waals surface area contributed by atoms with Gasteiger partial charge in [-0.3, -0.25) is 14.4 Å². The SMILES string of the molecule is COc1ccc(CCC(=O)Nc2ccc(C3CCN(C(=O)c4ccc5c(c4)CCN5C)CC3)cc2)c(OC)c1.O=CO. The zero-order valence-electron chi connectivity index (χ0n) is 24.5. The predicted molar refractivity (Wildman–Crippen MR) is 163 cm³/mol. The summed E-state index contributed by atoms with van der Waals surface area (Å²) in [5.74, 6) is 1.96. The van der Waals surface area contributed by atoms with Gasteiger partial charge in [0.25, 0.3) is 12.4 Å². The molecule has 9 heteroatoms. The highest BCUT2D eigenvalue weighted by Gasteiger charge is 2.26. The third kappa shape index (κ3) is 7.40. The molecule has 0 saturated carbocycles. The highest BCUT2D eigenvalue weighted by Crippen LogP contribution is 2.32. The molecule has 1 saturated heterocycles. The van der Waals surface area contributed by atoms with Crippen LogP contribution in [0.15, 0.2) is 60.7 Å². The first-order chi connectivity index (χ1) is 20.4. The van der Waals surface area contributed by atoms with Crippen molar-refractivity contribution in [2.45, 2.75) is 38.0 Å². The Kier molecular flexibility index (Phi) is 10.4. The molecule has 9 nitrogen and oxygen atoms in total. The van der Waals surface area contributed by atoms with Crippen molar-refractivity contribution >= 4 is 29.7 Å². The fraction of sp³-hybridized carbons (Fsp3) is 0.364. The van der Waals surface area contributed by atoms with Crippen LogP contribution in [0, 0.1) is 0 Å². The maximum Gasteiger partial charge on any atom is 0.290 e. The van der Waals surface area contributed by atoms with Gasteiger partial charge >= 0.3 is 0 Å². The van der Waals surface area contributed by atoms with E-state index in [1.165, 1.54) is 16.8 Å². The number of methoxy groups -OCH3 is 2. The van der Waals surface area contributed by atoms with Gasteiger partial charge in [0.2, 0.25) is 5.91 Å². The average Bonchev–Trinajstić information content (AvgIpc) is 3.40. The second-order valence-corrected chi connectivity index (χ2v) is 10.5. The van der Waals surface area contributed by atoms with E-state index >= 15 is 0 Å². The Labute approximate surface area is 247 Å². The summed E-state index contributed by atoms with van der Waals surface area (Å²) in [4.78, 5) is 38.3. The van der Waals surface area contributed by atoms with Gasteiger partial charge < -0.3 is 29.7 Å². The number of nitrogens with zero attached hydrogens (tertiary/aromatic N) is 2. The Balaban J connectivity index is 0.00000129. The topological polar surface area (TPSA) is 108 Å². The van der Waals surface area contributed by atoms with Crippen LogP contribution in [-0.4, -0.2) is 69.2 Å². The maximum atomic E-state index is 13.1. The zero-order chi connectivity index (χ0) is 30.1. The molecule has 2 N–H and O–H groups in total. The Morgan fingerprint density at radius 3 is 2.36 bits per heavy atom. The molecule has 3 aromatic carbocycles. The van der Waals surface area contributed by atoms with E-state index in [4.69, 9.17) is 19.4 Å². The normalized spacial score (nSPS) is 14.4. The van der Waals surface area contributed by atoms with Crippen molar-refractivity contribution in [1.82, 2.24) is 4.90 Å². The minimum Gasteiger partial charge on any atom is -0.497 e. The molecule has 1 fully saturated rings. The van der Waals surface area contributed by atoms with E-state index in [9.17, 15) is 9.59 Å². The molecule has 2 heterocycles. The smallest absolute Gasteiger partial charge is 0.290 e. The van der Waals surface area contributed by atoms with Gasteiger partial charge in [0, 0.05) is 56.1 Å². The van der Waals surface area contributed by atoms with E-state index in [-0.39, 0.29) is 18.3 Å². The van der Waals surface area contributed by atoms with Gasteiger partial charge in [-0.15, -0.1) is 0 Å². The first-order valence-corrected chi connectivity index (χ1v) is 14.2. The number of hydrogen-bond acceptors (Lipinski definition) is 6. The summed E-state index contributed by atoms with van der Waals surface area (Å²) < 4.78 is 10.7. The molecule has 0 aliphatic carbocycles. The largest absolute Gasteiger partial charge is 0.497 e. The standard InChI is InChI=1S/C32H37N3O4.CH2O2/c1-34-17-14-25-20-26(7-12-29(25)34)32(37)35-18-15-23(16-19-35)22-4-9-27(10-5-22)33-31(36)13-8-24-6-11-28(38-2)21-30(24)39-3;2-1-3/h4-7,9-12,20-21,23H,8,13-19H2,1-3H3,(H,33,36);1H,(H,2,3). The number of carbonyl (C=O) groups is 3. The highest BCUT2D eigenvalue weighted by atomic mass is 16.5. The van der Waals surface area contributed by atoms with Crippen molar-refractivity contribution < 1.29 is 29.0 Å². The van der Waals surface area contributed by atoms with Gasteiger partial charge in [-0.2, -0.15) is 0 Å². The van der Waals surface area contributed by atoms with Crippen molar-refractivity contribution in [3.05, 3.63) is 82.9 Å². The number of nitrogens with one attached hydrogen (secondary N) is 1. The average molecular weight is 574 g/mol. The van der Waals surface area contributed by atoms with Gasteiger partial charge in [0.15, 0.2) is 0 Å². The third-order valence-corrected chi connectivity index (χ3v) is 8.02. The quantitative estimate of drug-likeness (QED) is 0.366. The minimum atomic E-state index is -0.250. The van der Waals surface area contributed by atoms with Crippen molar-refractivity contribution in [3.8, 4) is 11.5 Å². The molecule has 5 rings (SSSR count). The first kappa shape index (κ1) is 30.4. The number of likely N-dealkylation sites (tertiary alicyclic amines) is 1. The number of carboxylic acid groups (broad SMARTS) is 1. The molecule has 0 radical (unpaired) electrons. The van der Waals surface area contributed by atoms with Gasteiger partial charge in [0.1, 0.15) is 11.5 Å². The second kappa shape index (κ2) is 14.4. The molecule has 2 aliphatic heterocycles. The number of likely N-dealkylation sites (N-methyl/N-ethyl adjacent to an activating group) is 1. The van der Waals surface area contributed by atoms with Gasteiger partial charge in [-0.25, -0.2) is 0 Å². The molecule has 222 valence electrons. The second-order valence-electron chi connectivity index (χ2n) is 10.5. The number of carbonyl (C=O) groups excluding carboxylic acids is 2. The van der Waals surface area contributed by atoms with Crippen LogP contribution in [0.4, 0.5) is 11.4 Å². The number of amides is 2. The minimum absolute atomic E-state index is 0.0364. The lowest BCUT2D eigenvalue weighted by atomic mass is 9.89. The Bertz CT molecular complexity index is 1380. The van der Waals surface area contributed by atoms with E-state index in [0.717, 1.165) is 67.2 Å². The highest BCUT2D eigenvalue weighted by molar-refractivity contribution is 5.95. The van der Waals surface area contributed by atoms with Crippen LogP contribution >= 0.6 is 0 Å². The molecule has 0 unspecified atom stereocenters. The molecule has 0 spiro atoms. The third-order valence-electron chi connectivity index (χ3n) is 8.02. The van der Waals surface area contributed by atoms with Crippen molar-refractivity contribution in [2.24, 2.45) is 0 Å². The maximum absolute atomic E-state index is 13.1. The molecule has 3 aromatic rings. The van der Waals surface area contributed by atoms with E-state index in [0.29, 0.717) is 18.8 Å². The Morgan fingerprint density at radius 2 is 1.69 bits per heavy atom. The first-order valence-electron chi connectivity index (χ1n) is 14.2. The summed E-state index contributed by atoms with van der Waals surface area (Å²) in [5, 5.41) is 9.89. The Morgan fingerprint density at radius 1 is 0.976 bits per heavy atom. The lowest BCUT2D eigenvalue weighted by molar-refractivity contribution is -0.123. The van der Waals surface area contributed by atoms with Crippen molar-refractivity contribution in [1.29, 1.82) is 0 Å². The predicted octanol–water partition coefficient (Wildman–Crippen LogP) is 4.99. The summed E-state index contributed by atoms with van der Waals surface area (Å²) in [6, 6.07) is 19.9. The van der Waals surface area contributed by atoms with E-state index in [2.05, 4.69) is 41.5 Å². The van der Waals surface area contributed by atoms with Gasteiger partial charge in [-0.1, -0.05) is 18.2 Å². The van der Waals surface area contributed by atoms with Crippen LogP contribution < -0.4 is 19.7 Å². The lowest BCUT2D eigenvalue weighted by Crippen LogP contribution is -2.37. The number of piperidine rings is 1. The van der Waals surface area contributed by atoms with Crippen LogP contribution in [0.25, 0.3) is 0 Å².